The van der Waals surface area contributed by atoms with Gasteiger partial charge in [-0.15, -0.1) is 0 Å². The first-order valence-electron chi connectivity index (χ1n) is 6.27. The van der Waals surface area contributed by atoms with Gasteiger partial charge >= 0.3 is 0 Å². The van der Waals surface area contributed by atoms with Crippen molar-refractivity contribution in [1.82, 2.24) is 5.32 Å². The fraction of sp³-hybridized carbons (Fsp3) is 0.429. The Morgan fingerprint density at radius 3 is 2.74 bits per heavy atom. The van der Waals surface area contributed by atoms with Crippen LogP contribution in [0.2, 0.25) is 0 Å². The molecule has 0 radical (unpaired) electrons. The Labute approximate surface area is 121 Å². The molecule has 0 aromatic heterocycles. The lowest BCUT2D eigenvalue weighted by Gasteiger charge is -2.39. The Bertz CT molecular complexity index is 544. The number of benzene rings is 1. The predicted molar refractivity (Wildman–Crippen MR) is 78.1 cm³/mol. The number of amides is 2. The first-order chi connectivity index (χ1) is 8.89. The third-order valence-electron chi connectivity index (χ3n) is 3.60. The van der Waals surface area contributed by atoms with Crippen molar-refractivity contribution in [2.45, 2.75) is 32.7 Å². The third-order valence-corrected chi connectivity index (χ3v) is 4.64. The van der Waals surface area contributed by atoms with E-state index < -0.39 is 5.54 Å². The van der Waals surface area contributed by atoms with Crippen molar-refractivity contribution in [3.63, 3.8) is 0 Å². The number of carbonyl (C=O) groups excluding carboxylic acids is 2. The van der Waals surface area contributed by atoms with Crippen LogP contribution in [0.5, 0.6) is 0 Å². The molecule has 4 nitrogen and oxygen atoms in total. The van der Waals surface area contributed by atoms with Gasteiger partial charge in [0.2, 0.25) is 5.91 Å². The van der Waals surface area contributed by atoms with Gasteiger partial charge in [0.25, 0.3) is 5.91 Å². The van der Waals surface area contributed by atoms with Crippen LogP contribution in [0.4, 0.5) is 5.69 Å². The van der Waals surface area contributed by atoms with Crippen molar-refractivity contribution in [1.29, 1.82) is 0 Å². The molecular formula is C14H17BrN2O2. The van der Waals surface area contributed by atoms with Gasteiger partial charge < -0.3 is 5.32 Å². The summed E-state index contributed by atoms with van der Waals surface area (Å²) in [6.45, 7) is 5.69. The first kappa shape index (κ1) is 14.1. The van der Waals surface area contributed by atoms with Crippen LogP contribution in [0.1, 0.15) is 25.8 Å². The van der Waals surface area contributed by atoms with Crippen molar-refractivity contribution >= 4 is 33.4 Å². The van der Waals surface area contributed by atoms with Gasteiger partial charge in [0.15, 0.2) is 0 Å². The van der Waals surface area contributed by atoms with Crippen molar-refractivity contribution in [2.75, 3.05) is 11.4 Å². The van der Waals surface area contributed by atoms with Gasteiger partial charge in [0.1, 0.15) is 12.1 Å². The zero-order valence-electron chi connectivity index (χ0n) is 11.3. The van der Waals surface area contributed by atoms with Gasteiger partial charge in [0, 0.05) is 4.47 Å². The summed E-state index contributed by atoms with van der Waals surface area (Å²) in [5.41, 5.74) is 0.965. The summed E-state index contributed by atoms with van der Waals surface area (Å²) in [5.74, 6) is -0.196. The first-order valence-corrected chi connectivity index (χ1v) is 7.06. The SMILES string of the molecule is CCC1(C)NC(=O)CN(c2cccc(C)c2Br)C1=O. The smallest absolute Gasteiger partial charge is 0.252 e. The number of aryl methyl sites for hydroxylation is 1. The maximum absolute atomic E-state index is 12.6. The van der Waals surface area contributed by atoms with Crippen molar-refractivity contribution in [3.8, 4) is 0 Å². The number of hydrogen-bond donors (Lipinski definition) is 1. The number of piperazine rings is 1. The molecule has 1 aromatic carbocycles. The van der Waals surface area contributed by atoms with Crippen LogP contribution in [0.15, 0.2) is 22.7 Å². The van der Waals surface area contributed by atoms with Crippen LogP contribution in [0, 0.1) is 6.92 Å². The monoisotopic (exact) mass is 324 g/mol. The lowest BCUT2D eigenvalue weighted by molar-refractivity contribution is -0.135. The quantitative estimate of drug-likeness (QED) is 0.908. The summed E-state index contributed by atoms with van der Waals surface area (Å²) < 4.78 is 0.858. The van der Waals surface area contributed by atoms with Crippen LogP contribution < -0.4 is 10.2 Å². The summed E-state index contributed by atoms with van der Waals surface area (Å²) in [4.78, 5) is 26.0. The Kier molecular flexibility index (Phi) is 3.67. The zero-order chi connectivity index (χ0) is 14.2. The molecule has 1 aromatic rings. The second kappa shape index (κ2) is 4.96. The van der Waals surface area contributed by atoms with E-state index in [1.54, 1.807) is 11.8 Å². The molecule has 1 fully saturated rings. The highest BCUT2D eigenvalue weighted by Crippen LogP contribution is 2.32. The fourth-order valence-electron chi connectivity index (χ4n) is 2.19. The molecule has 19 heavy (non-hydrogen) atoms. The number of carbonyl (C=O) groups is 2. The largest absolute Gasteiger partial charge is 0.340 e. The number of hydrogen-bond acceptors (Lipinski definition) is 2. The minimum atomic E-state index is -0.821. The van der Waals surface area contributed by atoms with Crippen molar-refractivity contribution in [3.05, 3.63) is 28.2 Å². The maximum atomic E-state index is 12.6. The topological polar surface area (TPSA) is 49.4 Å². The fourth-order valence-corrected chi connectivity index (χ4v) is 2.67. The lowest BCUT2D eigenvalue weighted by atomic mass is 9.94. The van der Waals surface area contributed by atoms with E-state index in [9.17, 15) is 9.59 Å². The van der Waals surface area contributed by atoms with Gasteiger partial charge in [-0.2, -0.15) is 0 Å². The maximum Gasteiger partial charge on any atom is 0.252 e. The number of halogens is 1. The minimum Gasteiger partial charge on any atom is -0.340 e. The molecule has 1 saturated heterocycles. The van der Waals surface area contributed by atoms with E-state index in [0.29, 0.717) is 6.42 Å². The van der Waals surface area contributed by atoms with E-state index in [1.165, 1.54) is 0 Å². The van der Waals surface area contributed by atoms with E-state index in [2.05, 4.69) is 21.2 Å². The minimum absolute atomic E-state index is 0.0659. The van der Waals surface area contributed by atoms with Gasteiger partial charge in [-0.3, -0.25) is 14.5 Å². The molecule has 0 saturated carbocycles. The van der Waals surface area contributed by atoms with Crippen LogP contribution >= 0.6 is 15.9 Å². The number of anilines is 1. The summed E-state index contributed by atoms with van der Waals surface area (Å²) in [7, 11) is 0. The molecular weight excluding hydrogens is 308 g/mol. The van der Waals surface area contributed by atoms with Crippen molar-refractivity contribution < 1.29 is 9.59 Å². The molecule has 5 heteroatoms. The summed E-state index contributed by atoms with van der Waals surface area (Å²) in [5, 5.41) is 2.78. The van der Waals surface area contributed by atoms with E-state index in [-0.39, 0.29) is 18.4 Å². The van der Waals surface area contributed by atoms with E-state index in [0.717, 1.165) is 15.7 Å². The summed E-state index contributed by atoms with van der Waals surface area (Å²) in [6.07, 6.45) is 0.567. The van der Waals surface area contributed by atoms with Crippen molar-refractivity contribution in [2.24, 2.45) is 0 Å². The predicted octanol–water partition coefficient (Wildman–Crippen LogP) is 2.39. The summed E-state index contributed by atoms with van der Waals surface area (Å²) >= 11 is 3.50. The van der Waals surface area contributed by atoms with E-state index in [1.807, 2.05) is 32.0 Å². The van der Waals surface area contributed by atoms with Crippen LogP contribution in [0.3, 0.4) is 0 Å². The third kappa shape index (κ3) is 2.39. The Balaban J connectivity index is 2.46. The number of nitrogens with zero attached hydrogens (tertiary/aromatic N) is 1. The normalized spacial score (nSPS) is 23.5. The molecule has 1 aliphatic rings. The van der Waals surface area contributed by atoms with Crippen LogP contribution in [0.25, 0.3) is 0 Å². The molecule has 1 atom stereocenters. The molecule has 1 unspecified atom stereocenters. The highest BCUT2D eigenvalue weighted by molar-refractivity contribution is 9.10. The average molecular weight is 325 g/mol. The molecule has 0 spiro atoms. The van der Waals surface area contributed by atoms with Gasteiger partial charge in [-0.1, -0.05) is 19.1 Å². The van der Waals surface area contributed by atoms with E-state index in [4.69, 9.17) is 0 Å². The molecule has 2 rings (SSSR count). The Morgan fingerprint density at radius 1 is 1.42 bits per heavy atom. The highest BCUT2D eigenvalue weighted by Gasteiger charge is 2.42. The standard InChI is InChI=1S/C14H17BrN2O2/c1-4-14(3)13(19)17(8-11(18)16-14)10-7-5-6-9(2)12(10)15/h5-7H,4,8H2,1-3H3,(H,16,18). The molecule has 0 aliphatic carbocycles. The number of nitrogens with one attached hydrogen (secondary N) is 1. The van der Waals surface area contributed by atoms with E-state index >= 15 is 0 Å². The molecule has 102 valence electrons. The highest BCUT2D eigenvalue weighted by atomic mass is 79.9. The molecule has 1 heterocycles. The number of rotatable bonds is 2. The van der Waals surface area contributed by atoms with Gasteiger partial charge in [0.05, 0.1) is 5.69 Å². The van der Waals surface area contributed by atoms with Crippen LogP contribution in [-0.4, -0.2) is 23.9 Å². The zero-order valence-corrected chi connectivity index (χ0v) is 12.9. The molecule has 2 amide bonds. The van der Waals surface area contributed by atoms with Gasteiger partial charge in [-0.25, -0.2) is 0 Å². The lowest BCUT2D eigenvalue weighted by Crippen LogP contribution is -2.65. The molecule has 1 N–H and O–H groups in total. The molecule has 0 bridgehead atoms. The average Bonchev–Trinajstić information content (AvgIpc) is 2.37. The summed E-state index contributed by atoms with van der Waals surface area (Å²) in [6, 6.07) is 5.70. The Morgan fingerprint density at radius 2 is 2.11 bits per heavy atom. The Hall–Kier alpha value is -1.36. The van der Waals surface area contributed by atoms with Gasteiger partial charge in [-0.05, 0) is 47.8 Å². The second-order valence-corrected chi connectivity index (χ2v) is 5.83. The second-order valence-electron chi connectivity index (χ2n) is 5.03. The van der Waals surface area contributed by atoms with Crippen LogP contribution in [-0.2, 0) is 9.59 Å². The molecule has 1 aliphatic heterocycles.